The molecule has 1 N–H and O–H groups in total. The number of hydrogen-bond donors (Lipinski definition) is 1. The first kappa shape index (κ1) is 53.3. The van der Waals surface area contributed by atoms with Gasteiger partial charge in [0.2, 0.25) is 0 Å². The summed E-state index contributed by atoms with van der Waals surface area (Å²) in [5.41, 5.74) is 0. The molecule has 0 radical (unpaired) electrons. The Morgan fingerprint density at radius 2 is 1.00 bits per heavy atom. The maximum Gasteiger partial charge on any atom is 0.362 e. The first-order valence-electron chi connectivity index (χ1n) is 22.7. The Balaban J connectivity index is 4.22. The minimum atomic E-state index is -0.876. The van der Waals surface area contributed by atoms with E-state index in [9.17, 15) is 19.5 Å². The minimum absolute atomic E-state index is 0.0530. The summed E-state index contributed by atoms with van der Waals surface area (Å²) in [6, 6.07) is -0.614. The number of ether oxygens (including phenoxy) is 3. The maximum atomic E-state index is 12.7. The molecular formula is C48H86NO7+. The van der Waals surface area contributed by atoms with Crippen LogP contribution >= 0.6 is 0 Å². The van der Waals surface area contributed by atoms with Crippen molar-refractivity contribution >= 4 is 17.9 Å². The highest BCUT2D eigenvalue weighted by molar-refractivity contribution is 5.72. The van der Waals surface area contributed by atoms with Crippen LogP contribution < -0.4 is 0 Å². The predicted octanol–water partition coefficient (Wildman–Crippen LogP) is 12.4. The third-order valence-corrected chi connectivity index (χ3v) is 9.99. The highest BCUT2D eigenvalue weighted by atomic mass is 16.6. The van der Waals surface area contributed by atoms with Crippen LogP contribution in [0.3, 0.4) is 0 Å². The van der Waals surface area contributed by atoms with Gasteiger partial charge in [0.05, 0.1) is 34.4 Å². The molecule has 0 fully saturated rings. The fraction of sp³-hybridized carbons (Fsp3) is 0.771. The van der Waals surface area contributed by atoms with Crippen molar-refractivity contribution in [2.75, 3.05) is 41.0 Å². The van der Waals surface area contributed by atoms with E-state index in [4.69, 9.17) is 14.2 Å². The summed E-state index contributed by atoms with van der Waals surface area (Å²) in [5, 5.41) is 9.61. The van der Waals surface area contributed by atoms with Crippen LogP contribution in [0.25, 0.3) is 0 Å². The van der Waals surface area contributed by atoms with E-state index < -0.39 is 18.1 Å². The summed E-state index contributed by atoms with van der Waals surface area (Å²) in [7, 11) is 5.52. The van der Waals surface area contributed by atoms with Crippen molar-refractivity contribution in [2.45, 2.75) is 199 Å². The molecule has 2 atom stereocenters. The Labute approximate surface area is 344 Å². The molecule has 0 aliphatic rings. The van der Waals surface area contributed by atoms with Gasteiger partial charge in [0.1, 0.15) is 6.61 Å². The molecule has 2 unspecified atom stereocenters. The molecule has 8 heteroatoms. The third-order valence-electron chi connectivity index (χ3n) is 9.99. The molecule has 0 amide bonds. The molecule has 0 aromatic carbocycles. The predicted molar refractivity (Wildman–Crippen MR) is 234 cm³/mol. The second-order valence-corrected chi connectivity index (χ2v) is 16.3. The molecule has 0 rings (SSSR count). The van der Waals surface area contributed by atoms with E-state index in [1.54, 1.807) is 0 Å². The van der Waals surface area contributed by atoms with Crippen molar-refractivity contribution in [3.8, 4) is 0 Å². The molecule has 56 heavy (non-hydrogen) atoms. The lowest BCUT2D eigenvalue weighted by Gasteiger charge is -2.31. The summed E-state index contributed by atoms with van der Waals surface area (Å²) in [4.78, 5) is 36.9. The molecule has 8 nitrogen and oxygen atoms in total. The SMILES string of the molecule is CC/C=C/C/C=C/C/C=C/C/C=C/CCCCCCCCCCCC(=O)OCC(COCCC(C(=O)O)[N+](C)(C)C)OC(=O)CCCCCCCCCCCC. The minimum Gasteiger partial charge on any atom is -0.477 e. The first-order chi connectivity index (χ1) is 27.1. The van der Waals surface area contributed by atoms with E-state index in [2.05, 4.69) is 62.5 Å². The lowest BCUT2D eigenvalue weighted by molar-refractivity contribution is -0.887. The number of esters is 2. The number of likely N-dealkylation sites (N-methyl/N-ethyl adjacent to an activating group) is 1. The second-order valence-electron chi connectivity index (χ2n) is 16.3. The van der Waals surface area contributed by atoms with Gasteiger partial charge in [-0.05, 0) is 51.4 Å². The molecule has 0 aromatic rings. The number of rotatable bonds is 40. The monoisotopic (exact) mass is 789 g/mol. The van der Waals surface area contributed by atoms with Crippen molar-refractivity contribution in [3.05, 3.63) is 48.6 Å². The molecule has 0 bridgehead atoms. The van der Waals surface area contributed by atoms with Crippen LogP contribution in [-0.2, 0) is 28.6 Å². The van der Waals surface area contributed by atoms with Gasteiger partial charge in [-0.3, -0.25) is 9.59 Å². The molecule has 0 aromatic heterocycles. The summed E-state index contributed by atoms with van der Waals surface area (Å²) in [5.74, 6) is -1.47. The van der Waals surface area contributed by atoms with Gasteiger partial charge in [-0.2, -0.15) is 0 Å². The standard InChI is InChI=1S/C48H85NO7/c1-6-8-10-12-14-16-18-19-20-21-22-23-24-25-26-27-28-29-31-32-34-36-38-46(50)55-43-44(42-54-41-40-45(48(52)53)49(3,4)5)56-47(51)39-37-35-33-30-17-15-13-11-9-7-2/h8,10,14,16,19-20,22-23,44-45H,6-7,9,11-13,15,17-18,21,24-43H2,1-5H3/p+1/b10-8+,16-14+,20-19+,23-22+. The molecule has 0 saturated carbocycles. The number of unbranched alkanes of at least 4 members (excludes halogenated alkanes) is 18. The summed E-state index contributed by atoms with van der Waals surface area (Å²) in [6.07, 6.45) is 45.8. The fourth-order valence-electron chi connectivity index (χ4n) is 6.49. The van der Waals surface area contributed by atoms with E-state index in [0.29, 0.717) is 19.3 Å². The van der Waals surface area contributed by atoms with Crippen molar-refractivity contribution < 1.29 is 38.2 Å². The number of aliphatic carboxylic acids is 1. The lowest BCUT2D eigenvalue weighted by Crippen LogP contribution is -2.50. The molecule has 0 aliphatic carbocycles. The topological polar surface area (TPSA) is 99.1 Å². The molecular weight excluding hydrogens is 703 g/mol. The maximum absolute atomic E-state index is 12.7. The highest BCUT2D eigenvalue weighted by Crippen LogP contribution is 2.15. The van der Waals surface area contributed by atoms with Crippen molar-refractivity contribution in [1.29, 1.82) is 0 Å². The first-order valence-corrected chi connectivity index (χ1v) is 22.7. The zero-order chi connectivity index (χ0) is 41.4. The van der Waals surface area contributed by atoms with E-state index in [1.807, 2.05) is 21.1 Å². The van der Waals surface area contributed by atoms with Crippen molar-refractivity contribution in [2.24, 2.45) is 0 Å². The van der Waals surface area contributed by atoms with Crippen LogP contribution in [0.5, 0.6) is 0 Å². The lowest BCUT2D eigenvalue weighted by atomic mass is 10.1. The van der Waals surface area contributed by atoms with Crippen LogP contribution in [0.15, 0.2) is 48.6 Å². The largest absolute Gasteiger partial charge is 0.477 e. The van der Waals surface area contributed by atoms with Gasteiger partial charge in [-0.15, -0.1) is 0 Å². The summed E-state index contributed by atoms with van der Waals surface area (Å²) >= 11 is 0. The number of allylic oxidation sites excluding steroid dienone is 8. The Morgan fingerprint density at radius 1 is 0.554 bits per heavy atom. The van der Waals surface area contributed by atoms with Crippen LogP contribution in [0.1, 0.15) is 187 Å². The van der Waals surface area contributed by atoms with E-state index in [1.165, 1.54) is 83.5 Å². The van der Waals surface area contributed by atoms with Gasteiger partial charge < -0.3 is 23.8 Å². The smallest absolute Gasteiger partial charge is 0.362 e. The Hall–Kier alpha value is -2.71. The van der Waals surface area contributed by atoms with Crippen molar-refractivity contribution in [3.63, 3.8) is 0 Å². The van der Waals surface area contributed by atoms with E-state index >= 15 is 0 Å². The number of hydrogen-bond acceptors (Lipinski definition) is 6. The number of quaternary nitrogens is 1. The van der Waals surface area contributed by atoms with E-state index in [-0.39, 0.29) is 36.2 Å². The average Bonchev–Trinajstić information content (AvgIpc) is 3.15. The van der Waals surface area contributed by atoms with Gasteiger partial charge in [-0.25, -0.2) is 4.79 Å². The Kier molecular flexibility index (Phi) is 37.2. The molecule has 0 heterocycles. The van der Waals surface area contributed by atoms with Crippen LogP contribution in [0.2, 0.25) is 0 Å². The summed E-state index contributed by atoms with van der Waals surface area (Å²) < 4.78 is 17.3. The molecule has 0 aliphatic heterocycles. The van der Waals surface area contributed by atoms with E-state index in [0.717, 1.165) is 70.6 Å². The highest BCUT2D eigenvalue weighted by Gasteiger charge is 2.31. The van der Waals surface area contributed by atoms with Crippen LogP contribution in [0.4, 0.5) is 0 Å². The summed E-state index contributed by atoms with van der Waals surface area (Å²) in [6.45, 7) is 4.61. The quantitative estimate of drug-likeness (QED) is 0.0286. The number of carbonyl (C=O) groups excluding carboxylic acids is 2. The van der Waals surface area contributed by atoms with Gasteiger partial charge in [0.25, 0.3) is 0 Å². The number of carboxylic acids is 1. The average molecular weight is 789 g/mol. The fourth-order valence-corrected chi connectivity index (χ4v) is 6.49. The number of carbonyl (C=O) groups is 3. The van der Waals surface area contributed by atoms with Gasteiger partial charge in [-0.1, -0.05) is 165 Å². The number of nitrogens with zero attached hydrogens (tertiary/aromatic N) is 1. The van der Waals surface area contributed by atoms with Gasteiger partial charge in [0, 0.05) is 19.3 Å². The molecule has 0 spiro atoms. The van der Waals surface area contributed by atoms with Gasteiger partial charge >= 0.3 is 17.9 Å². The second kappa shape index (κ2) is 39.1. The van der Waals surface area contributed by atoms with Crippen LogP contribution in [0, 0.1) is 0 Å². The van der Waals surface area contributed by atoms with Crippen LogP contribution in [-0.4, -0.2) is 80.6 Å². The molecule has 324 valence electrons. The van der Waals surface area contributed by atoms with Gasteiger partial charge in [0.15, 0.2) is 12.1 Å². The normalized spacial score (nSPS) is 13.4. The Morgan fingerprint density at radius 3 is 1.48 bits per heavy atom. The van der Waals surface area contributed by atoms with Crippen molar-refractivity contribution in [1.82, 2.24) is 0 Å². The zero-order valence-corrected chi connectivity index (χ0v) is 36.8. The third kappa shape index (κ3) is 36.9. The zero-order valence-electron chi connectivity index (χ0n) is 36.8. The Bertz CT molecular complexity index is 1060. The number of carboxylic acid groups (broad SMARTS) is 1. The molecule has 0 saturated heterocycles.